The second-order valence-corrected chi connectivity index (χ2v) is 4.91. The van der Waals surface area contributed by atoms with Gasteiger partial charge in [-0.15, -0.1) is 0 Å². The number of rotatable bonds is 1. The van der Waals surface area contributed by atoms with E-state index in [1.165, 1.54) is 0 Å². The molecule has 0 unspecified atom stereocenters. The number of esters is 1. The van der Waals surface area contributed by atoms with Crippen LogP contribution in [0.5, 0.6) is 0 Å². The summed E-state index contributed by atoms with van der Waals surface area (Å²) >= 11 is 3.42. The summed E-state index contributed by atoms with van der Waals surface area (Å²) in [6, 6.07) is 0. The number of carbonyl (C=O) groups excluding carboxylic acids is 1. The number of cyclic esters (lactones) is 1. The van der Waals surface area contributed by atoms with E-state index in [2.05, 4.69) is 36.7 Å². The Kier molecular flexibility index (Phi) is 2.52. The van der Waals surface area contributed by atoms with Gasteiger partial charge in [0.25, 0.3) is 0 Å². The zero-order chi connectivity index (χ0) is 9.41. The van der Waals surface area contributed by atoms with Crippen LogP contribution in [0.1, 0.15) is 33.6 Å². The molecule has 1 fully saturated rings. The summed E-state index contributed by atoms with van der Waals surface area (Å²) in [5, 5.41) is 0.731. The minimum Gasteiger partial charge on any atom is -0.458 e. The molecule has 0 aromatic carbocycles. The van der Waals surface area contributed by atoms with Gasteiger partial charge in [0.2, 0.25) is 0 Å². The smallest absolute Gasteiger partial charge is 0.306 e. The summed E-state index contributed by atoms with van der Waals surface area (Å²) < 4.78 is 5.38. The number of ether oxygens (including phenoxy) is 1. The van der Waals surface area contributed by atoms with Crippen LogP contribution in [0.25, 0.3) is 0 Å². The summed E-state index contributed by atoms with van der Waals surface area (Å²) in [7, 11) is 0. The van der Waals surface area contributed by atoms with E-state index in [0.29, 0.717) is 6.42 Å². The van der Waals surface area contributed by atoms with Crippen molar-refractivity contribution >= 4 is 21.9 Å². The number of hydrogen-bond acceptors (Lipinski definition) is 2. The monoisotopic (exact) mass is 234 g/mol. The van der Waals surface area contributed by atoms with Crippen LogP contribution in [0.15, 0.2) is 0 Å². The molecule has 0 aliphatic carbocycles. The van der Waals surface area contributed by atoms with Crippen LogP contribution < -0.4 is 0 Å². The average molecular weight is 235 g/mol. The lowest BCUT2D eigenvalue weighted by Gasteiger charge is -2.38. The van der Waals surface area contributed by atoms with Crippen LogP contribution in [0.3, 0.4) is 0 Å². The Morgan fingerprint density at radius 1 is 1.58 bits per heavy atom. The van der Waals surface area contributed by atoms with Crippen molar-refractivity contribution < 1.29 is 9.53 Å². The van der Waals surface area contributed by atoms with Crippen molar-refractivity contribution in [1.29, 1.82) is 0 Å². The fourth-order valence-electron chi connectivity index (χ4n) is 1.45. The first-order chi connectivity index (χ1) is 5.41. The molecule has 1 atom stereocenters. The van der Waals surface area contributed by atoms with Crippen LogP contribution in [0, 0.1) is 5.41 Å². The predicted octanol–water partition coefficient (Wildman–Crippen LogP) is 2.50. The largest absolute Gasteiger partial charge is 0.458 e. The lowest BCUT2D eigenvalue weighted by molar-refractivity contribution is -0.154. The van der Waals surface area contributed by atoms with Gasteiger partial charge >= 0.3 is 5.97 Å². The number of alkyl halides is 1. The van der Waals surface area contributed by atoms with Crippen LogP contribution in [-0.2, 0) is 9.53 Å². The van der Waals surface area contributed by atoms with E-state index in [0.717, 1.165) is 11.8 Å². The van der Waals surface area contributed by atoms with Gasteiger partial charge in [0, 0.05) is 17.2 Å². The van der Waals surface area contributed by atoms with Crippen LogP contribution in [0.4, 0.5) is 0 Å². The zero-order valence-corrected chi connectivity index (χ0v) is 9.40. The molecular weight excluding hydrogens is 220 g/mol. The minimum atomic E-state index is -0.288. The summed E-state index contributed by atoms with van der Waals surface area (Å²) in [5.74, 6) is -0.0654. The topological polar surface area (TPSA) is 26.3 Å². The number of hydrogen-bond donors (Lipinski definition) is 0. The number of halogens is 1. The second kappa shape index (κ2) is 3.02. The first-order valence-electron chi connectivity index (χ1n) is 4.19. The van der Waals surface area contributed by atoms with Crippen LogP contribution in [0.2, 0.25) is 0 Å². The average Bonchev–Trinajstić information content (AvgIpc) is 2.31. The molecule has 0 radical (unpaired) electrons. The molecule has 12 heavy (non-hydrogen) atoms. The van der Waals surface area contributed by atoms with Gasteiger partial charge in [-0.05, 0) is 6.42 Å². The molecule has 70 valence electrons. The summed E-state index contributed by atoms with van der Waals surface area (Å²) in [5.41, 5.74) is -0.271. The Morgan fingerprint density at radius 3 is 2.33 bits per heavy atom. The molecule has 0 bridgehead atoms. The van der Waals surface area contributed by atoms with E-state index < -0.39 is 0 Å². The number of carbonyl (C=O) groups is 1. The van der Waals surface area contributed by atoms with Gasteiger partial charge in [-0.1, -0.05) is 36.7 Å². The summed E-state index contributed by atoms with van der Waals surface area (Å²) in [6.45, 7) is 6.31. The van der Waals surface area contributed by atoms with Gasteiger partial charge in [-0.2, -0.15) is 0 Å². The zero-order valence-electron chi connectivity index (χ0n) is 7.82. The van der Waals surface area contributed by atoms with E-state index in [1.807, 2.05) is 0 Å². The Hall–Kier alpha value is -0.0500. The Morgan fingerprint density at radius 2 is 2.17 bits per heavy atom. The van der Waals surface area contributed by atoms with E-state index in [1.54, 1.807) is 0 Å². The SMILES string of the molecule is CC(C)(C)[C@@]1(CBr)CCC(=O)O1. The Balaban J connectivity index is 2.85. The van der Waals surface area contributed by atoms with Gasteiger partial charge in [-0.25, -0.2) is 0 Å². The van der Waals surface area contributed by atoms with Crippen molar-refractivity contribution in [2.75, 3.05) is 5.33 Å². The maximum Gasteiger partial charge on any atom is 0.306 e. The lowest BCUT2D eigenvalue weighted by atomic mass is 9.76. The van der Waals surface area contributed by atoms with Crippen molar-refractivity contribution in [2.24, 2.45) is 5.41 Å². The minimum absolute atomic E-state index is 0.0165. The fraction of sp³-hybridized carbons (Fsp3) is 0.889. The summed E-state index contributed by atoms with van der Waals surface area (Å²) in [6.07, 6.45) is 1.39. The quantitative estimate of drug-likeness (QED) is 0.515. The highest BCUT2D eigenvalue weighted by Crippen LogP contribution is 2.43. The Bertz CT molecular complexity index is 195. The highest BCUT2D eigenvalue weighted by molar-refractivity contribution is 9.09. The van der Waals surface area contributed by atoms with Crippen LogP contribution >= 0.6 is 15.9 Å². The van der Waals surface area contributed by atoms with E-state index in [4.69, 9.17) is 4.74 Å². The van der Waals surface area contributed by atoms with E-state index >= 15 is 0 Å². The van der Waals surface area contributed by atoms with Gasteiger partial charge in [-0.3, -0.25) is 4.79 Å². The summed E-state index contributed by atoms with van der Waals surface area (Å²) in [4.78, 5) is 11.0. The van der Waals surface area contributed by atoms with Crippen molar-refractivity contribution in [1.82, 2.24) is 0 Å². The lowest BCUT2D eigenvalue weighted by Crippen LogP contribution is -2.44. The molecule has 0 aromatic heterocycles. The highest BCUT2D eigenvalue weighted by Gasteiger charge is 2.48. The third-order valence-electron chi connectivity index (χ3n) is 2.62. The molecule has 2 nitrogen and oxygen atoms in total. The fourth-order valence-corrected chi connectivity index (χ4v) is 2.68. The molecule has 0 N–H and O–H groups in total. The van der Waals surface area contributed by atoms with Gasteiger partial charge in [0.1, 0.15) is 5.60 Å². The first kappa shape index (κ1) is 10.0. The third kappa shape index (κ3) is 1.51. The third-order valence-corrected chi connectivity index (χ3v) is 3.53. The molecule has 0 amide bonds. The van der Waals surface area contributed by atoms with E-state index in [-0.39, 0.29) is 17.0 Å². The first-order valence-corrected chi connectivity index (χ1v) is 5.31. The maximum atomic E-state index is 11.0. The van der Waals surface area contributed by atoms with Crippen molar-refractivity contribution in [3.05, 3.63) is 0 Å². The Labute approximate surface area is 81.8 Å². The standard InChI is InChI=1S/C9H15BrO2/c1-8(2,3)9(6-10)5-4-7(11)12-9/h4-6H2,1-3H3/t9-/m0/s1. The molecule has 1 rings (SSSR count). The van der Waals surface area contributed by atoms with Crippen molar-refractivity contribution in [2.45, 2.75) is 39.2 Å². The molecule has 3 heteroatoms. The molecule has 0 saturated carbocycles. The van der Waals surface area contributed by atoms with Crippen molar-refractivity contribution in [3.8, 4) is 0 Å². The van der Waals surface area contributed by atoms with Crippen LogP contribution in [-0.4, -0.2) is 16.9 Å². The van der Waals surface area contributed by atoms with E-state index in [9.17, 15) is 4.79 Å². The van der Waals surface area contributed by atoms with Gasteiger partial charge < -0.3 is 4.74 Å². The molecule has 1 saturated heterocycles. The van der Waals surface area contributed by atoms with Gasteiger partial charge in [0.05, 0.1) is 0 Å². The maximum absolute atomic E-state index is 11.0. The second-order valence-electron chi connectivity index (χ2n) is 4.35. The van der Waals surface area contributed by atoms with Crippen molar-refractivity contribution in [3.63, 3.8) is 0 Å². The molecule has 0 aromatic rings. The molecule has 1 aliphatic rings. The molecule has 0 spiro atoms. The molecule has 1 heterocycles. The predicted molar refractivity (Wildman–Crippen MR) is 51.3 cm³/mol. The molecule has 1 aliphatic heterocycles. The molecular formula is C9H15BrO2. The van der Waals surface area contributed by atoms with Gasteiger partial charge in [0.15, 0.2) is 0 Å². The normalized spacial score (nSPS) is 30.5. The highest BCUT2D eigenvalue weighted by atomic mass is 79.9.